The van der Waals surface area contributed by atoms with E-state index in [1.807, 2.05) is 0 Å². The summed E-state index contributed by atoms with van der Waals surface area (Å²) in [5.74, 6) is 0.445. The zero-order valence-corrected chi connectivity index (χ0v) is 9.24. The number of hydrogen-bond acceptors (Lipinski definition) is 3. The summed E-state index contributed by atoms with van der Waals surface area (Å²) >= 11 is 0. The lowest BCUT2D eigenvalue weighted by atomic mass is 9.94. The predicted molar refractivity (Wildman–Crippen MR) is 59.3 cm³/mol. The molecule has 1 rings (SSSR count). The minimum absolute atomic E-state index is 0.119. The van der Waals surface area contributed by atoms with Gasteiger partial charge < -0.3 is 15.8 Å². The van der Waals surface area contributed by atoms with Crippen molar-refractivity contribution in [2.45, 2.75) is 25.3 Å². The van der Waals surface area contributed by atoms with Gasteiger partial charge in [0, 0.05) is 13.7 Å². The average molecular weight is 212 g/mol. The summed E-state index contributed by atoms with van der Waals surface area (Å²) < 4.78 is 4.82. The van der Waals surface area contributed by atoms with Crippen LogP contribution in [0.4, 0.5) is 0 Å². The first-order valence-electron chi connectivity index (χ1n) is 5.41. The molecule has 4 nitrogen and oxygen atoms in total. The number of nitrogens with two attached hydrogens (primary N) is 1. The van der Waals surface area contributed by atoms with E-state index in [9.17, 15) is 4.79 Å². The molecule has 2 atom stereocenters. The normalized spacial score (nSPS) is 22.4. The standard InChI is InChI=1S/C11H20N2O2/c1-15-8-10(12)11(14)13-7-9-5-3-2-4-6-9/h2-3,9-10H,4-8,12H2,1H3,(H,13,14). The zero-order chi connectivity index (χ0) is 11.1. The summed E-state index contributed by atoms with van der Waals surface area (Å²) in [6, 6.07) is -0.547. The second-order valence-electron chi connectivity index (χ2n) is 3.96. The molecule has 1 aliphatic rings. The Hall–Kier alpha value is -0.870. The second-order valence-corrected chi connectivity index (χ2v) is 3.96. The molecule has 3 N–H and O–H groups in total. The van der Waals surface area contributed by atoms with Crippen molar-refractivity contribution >= 4 is 5.91 Å². The summed E-state index contributed by atoms with van der Waals surface area (Å²) in [6.45, 7) is 0.997. The van der Waals surface area contributed by atoms with E-state index < -0.39 is 6.04 Å². The highest BCUT2D eigenvalue weighted by atomic mass is 16.5. The van der Waals surface area contributed by atoms with Crippen molar-refractivity contribution < 1.29 is 9.53 Å². The fourth-order valence-corrected chi connectivity index (χ4v) is 1.67. The van der Waals surface area contributed by atoms with Gasteiger partial charge in [-0.1, -0.05) is 12.2 Å². The van der Waals surface area contributed by atoms with Gasteiger partial charge in [-0.15, -0.1) is 0 Å². The molecule has 1 aliphatic carbocycles. The van der Waals surface area contributed by atoms with E-state index >= 15 is 0 Å². The fraction of sp³-hybridized carbons (Fsp3) is 0.727. The van der Waals surface area contributed by atoms with Crippen LogP contribution in [0.5, 0.6) is 0 Å². The summed E-state index contributed by atoms with van der Waals surface area (Å²) in [5, 5.41) is 2.86. The number of rotatable bonds is 5. The molecule has 4 heteroatoms. The number of hydrogen-bond donors (Lipinski definition) is 2. The van der Waals surface area contributed by atoms with Gasteiger partial charge in [0.2, 0.25) is 5.91 Å². The van der Waals surface area contributed by atoms with Crippen molar-refractivity contribution in [3.05, 3.63) is 12.2 Å². The maximum Gasteiger partial charge on any atom is 0.239 e. The van der Waals surface area contributed by atoms with Crippen LogP contribution < -0.4 is 11.1 Å². The number of methoxy groups -OCH3 is 1. The number of ether oxygens (including phenoxy) is 1. The van der Waals surface area contributed by atoms with Crippen LogP contribution in [0.1, 0.15) is 19.3 Å². The Morgan fingerprint density at radius 2 is 2.47 bits per heavy atom. The van der Waals surface area contributed by atoms with Gasteiger partial charge in [0.05, 0.1) is 6.61 Å². The Kier molecular flexibility index (Phi) is 5.36. The topological polar surface area (TPSA) is 64.3 Å². The van der Waals surface area contributed by atoms with E-state index in [2.05, 4.69) is 17.5 Å². The average Bonchev–Trinajstić information content (AvgIpc) is 2.27. The first-order valence-corrected chi connectivity index (χ1v) is 5.41. The molecule has 0 saturated carbocycles. The Balaban J connectivity index is 2.18. The molecule has 1 amide bonds. The number of amides is 1. The van der Waals surface area contributed by atoms with Gasteiger partial charge in [0.15, 0.2) is 0 Å². The van der Waals surface area contributed by atoms with E-state index in [4.69, 9.17) is 10.5 Å². The third kappa shape index (κ3) is 4.44. The van der Waals surface area contributed by atoms with Crippen LogP contribution in [0.15, 0.2) is 12.2 Å². The van der Waals surface area contributed by atoms with E-state index in [1.54, 1.807) is 7.11 Å². The van der Waals surface area contributed by atoms with Gasteiger partial charge in [0.25, 0.3) is 0 Å². The Morgan fingerprint density at radius 3 is 3.07 bits per heavy atom. The molecule has 0 aliphatic heterocycles. The third-order valence-corrected chi connectivity index (χ3v) is 2.63. The van der Waals surface area contributed by atoms with Gasteiger partial charge in [-0.2, -0.15) is 0 Å². The molecule has 0 fully saturated rings. The van der Waals surface area contributed by atoms with Crippen molar-refractivity contribution in [1.29, 1.82) is 0 Å². The Bertz CT molecular complexity index is 229. The summed E-state index contributed by atoms with van der Waals surface area (Å²) in [6.07, 6.45) is 7.69. The molecular formula is C11H20N2O2. The van der Waals surface area contributed by atoms with Crippen molar-refractivity contribution in [3.63, 3.8) is 0 Å². The van der Waals surface area contributed by atoms with Crippen molar-refractivity contribution in [3.8, 4) is 0 Å². The molecule has 0 aromatic carbocycles. The first kappa shape index (κ1) is 12.2. The third-order valence-electron chi connectivity index (χ3n) is 2.63. The van der Waals surface area contributed by atoms with E-state index in [1.165, 1.54) is 0 Å². The maximum atomic E-state index is 11.4. The van der Waals surface area contributed by atoms with Crippen molar-refractivity contribution in [1.82, 2.24) is 5.32 Å². The highest BCUT2D eigenvalue weighted by molar-refractivity contribution is 5.81. The van der Waals surface area contributed by atoms with Crippen LogP contribution in [-0.4, -0.2) is 32.2 Å². The predicted octanol–water partition coefficient (Wildman–Crippen LogP) is 0.433. The molecule has 0 aromatic heterocycles. The number of carbonyl (C=O) groups excluding carboxylic acids is 1. The lowest BCUT2D eigenvalue weighted by Crippen LogP contribution is -2.44. The van der Waals surface area contributed by atoms with Gasteiger partial charge in [0.1, 0.15) is 6.04 Å². The van der Waals surface area contributed by atoms with Crippen molar-refractivity contribution in [2.24, 2.45) is 11.7 Å². The minimum Gasteiger partial charge on any atom is -0.383 e. The lowest BCUT2D eigenvalue weighted by molar-refractivity contribution is -0.123. The monoisotopic (exact) mass is 212 g/mol. The first-order chi connectivity index (χ1) is 7.24. The van der Waals surface area contributed by atoms with Crippen LogP contribution in [0, 0.1) is 5.92 Å². The van der Waals surface area contributed by atoms with Gasteiger partial charge >= 0.3 is 0 Å². The summed E-state index contributed by atoms with van der Waals surface area (Å²) in [4.78, 5) is 11.4. The van der Waals surface area contributed by atoms with Gasteiger partial charge in [-0.3, -0.25) is 4.79 Å². The Morgan fingerprint density at radius 1 is 1.67 bits per heavy atom. The van der Waals surface area contributed by atoms with E-state index in [0.717, 1.165) is 25.8 Å². The largest absolute Gasteiger partial charge is 0.383 e. The molecule has 0 bridgehead atoms. The summed E-state index contributed by atoms with van der Waals surface area (Å²) in [7, 11) is 1.54. The van der Waals surface area contributed by atoms with Gasteiger partial charge in [-0.05, 0) is 25.2 Å². The van der Waals surface area contributed by atoms with E-state index in [-0.39, 0.29) is 12.5 Å². The van der Waals surface area contributed by atoms with E-state index in [0.29, 0.717) is 5.92 Å². The molecule has 0 saturated heterocycles. The fourth-order valence-electron chi connectivity index (χ4n) is 1.67. The molecular weight excluding hydrogens is 192 g/mol. The molecule has 0 heterocycles. The molecule has 0 radical (unpaired) electrons. The lowest BCUT2D eigenvalue weighted by Gasteiger charge is -2.19. The molecule has 86 valence electrons. The van der Waals surface area contributed by atoms with Crippen LogP contribution in [0.3, 0.4) is 0 Å². The summed E-state index contributed by atoms with van der Waals surface area (Å²) in [5.41, 5.74) is 5.59. The highest BCUT2D eigenvalue weighted by Crippen LogP contribution is 2.16. The molecule has 15 heavy (non-hydrogen) atoms. The number of allylic oxidation sites excluding steroid dienone is 2. The SMILES string of the molecule is COCC(N)C(=O)NCC1CC=CCC1. The van der Waals surface area contributed by atoms with Crippen LogP contribution in [0.2, 0.25) is 0 Å². The zero-order valence-electron chi connectivity index (χ0n) is 9.24. The maximum absolute atomic E-state index is 11.4. The van der Waals surface area contributed by atoms with Crippen LogP contribution >= 0.6 is 0 Å². The van der Waals surface area contributed by atoms with Gasteiger partial charge in [-0.25, -0.2) is 0 Å². The minimum atomic E-state index is -0.547. The number of carbonyl (C=O) groups is 1. The smallest absolute Gasteiger partial charge is 0.239 e. The molecule has 0 spiro atoms. The van der Waals surface area contributed by atoms with Crippen LogP contribution in [-0.2, 0) is 9.53 Å². The highest BCUT2D eigenvalue weighted by Gasteiger charge is 2.15. The number of nitrogens with one attached hydrogen (secondary N) is 1. The Labute approximate surface area is 90.9 Å². The second kappa shape index (κ2) is 6.58. The van der Waals surface area contributed by atoms with Crippen LogP contribution in [0.25, 0.3) is 0 Å². The quantitative estimate of drug-likeness (QED) is 0.650. The van der Waals surface area contributed by atoms with Crippen molar-refractivity contribution in [2.75, 3.05) is 20.3 Å². The molecule has 0 aromatic rings. The molecule has 2 unspecified atom stereocenters.